The maximum atomic E-state index is 13.2. The van der Waals surface area contributed by atoms with E-state index in [0.29, 0.717) is 17.0 Å². The smallest absolute Gasteiger partial charge is 0.339 e. The molecule has 0 aromatic heterocycles. The Labute approximate surface area is 210 Å². The first-order valence-corrected chi connectivity index (χ1v) is 11.5. The van der Waals surface area contributed by atoms with E-state index in [1.165, 1.54) is 38.1 Å². The van der Waals surface area contributed by atoms with Gasteiger partial charge in [-0.3, -0.25) is 4.79 Å². The lowest BCUT2D eigenvalue weighted by atomic mass is 9.85. The number of nitriles is 1. The molecule has 0 bridgehead atoms. The highest BCUT2D eigenvalue weighted by molar-refractivity contribution is 6.30. The van der Waals surface area contributed by atoms with Gasteiger partial charge in [0, 0.05) is 17.0 Å². The summed E-state index contributed by atoms with van der Waals surface area (Å²) in [4.78, 5) is 25.7. The highest BCUT2D eigenvalue weighted by Gasteiger charge is 2.35. The van der Waals surface area contributed by atoms with Crippen LogP contribution in [0.4, 0.5) is 0 Å². The average Bonchev–Trinajstić information content (AvgIpc) is 2.83. The largest absolute Gasteiger partial charge is 0.508 e. The summed E-state index contributed by atoms with van der Waals surface area (Å²) in [5.41, 5.74) is 1.14. The second kappa shape index (κ2) is 11.1. The summed E-state index contributed by atoms with van der Waals surface area (Å²) in [6, 6.07) is 22.3. The van der Waals surface area contributed by atoms with Crippen LogP contribution in [0.5, 0.6) is 5.75 Å². The first-order chi connectivity index (χ1) is 16.6. The number of ether oxygens (including phenoxy) is 1. The van der Waals surface area contributed by atoms with Gasteiger partial charge >= 0.3 is 5.97 Å². The van der Waals surface area contributed by atoms with Gasteiger partial charge in [0.1, 0.15) is 5.75 Å². The molecule has 0 saturated heterocycles. The van der Waals surface area contributed by atoms with Crippen molar-refractivity contribution in [3.05, 3.63) is 100 Å². The van der Waals surface area contributed by atoms with E-state index >= 15 is 0 Å². The molecule has 7 heteroatoms. The lowest BCUT2D eigenvalue weighted by Crippen LogP contribution is -2.50. The maximum Gasteiger partial charge on any atom is 0.339 e. The van der Waals surface area contributed by atoms with Gasteiger partial charge in [-0.15, -0.1) is 0 Å². The number of benzene rings is 3. The van der Waals surface area contributed by atoms with E-state index in [1.54, 1.807) is 6.07 Å². The minimum absolute atomic E-state index is 0.0695. The van der Waals surface area contributed by atoms with Gasteiger partial charge in [-0.05, 0) is 80.8 Å². The third-order valence-corrected chi connectivity index (χ3v) is 6.00. The van der Waals surface area contributed by atoms with E-state index in [-0.39, 0.29) is 23.3 Å². The van der Waals surface area contributed by atoms with Gasteiger partial charge in [-0.25, -0.2) is 4.79 Å². The molecule has 0 aliphatic heterocycles. The van der Waals surface area contributed by atoms with Crippen molar-refractivity contribution in [3.63, 3.8) is 0 Å². The lowest BCUT2D eigenvalue weighted by Gasteiger charge is -2.30. The highest BCUT2D eigenvalue weighted by Crippen LogP contribution is 2.27. The molecule has 6 nitrogen and oxygen atoms in total. The van der Waals surface area contributed by atoms with Crippen molar-refractivity contribution in [3.8, 4) is 11.8 Å². The van der Waals surface area contributed by atoms with Crippen LogP contribution in [0.2, 0.25) is 5.02 Å². The van der Waals surface area contributed by atoms with E-state index in [4.69, 9.17) is 16.3 Å². The van der Waals surface area contributed by atoms with E-state index in [2.05, 4.69) is 11.4 Å². The molecular formula is C28H27ClN2O4. The van der Waals surface area contributed by atoms with Crippen molar-refractivity contribution in [2.24, 2.45) is 0 Å². The Morgan fingerprint density at radius 1 is 1.09 bits per heavy atom. The van der Waals surface area contributed by atoms with Gasteiger partial charge in [-0.1, -0.05) is 41.9 Å². The topological polar surface area (TPSA) is 99.4 Å². The van der Waals surface area contributed by atoms with Crippen LogP contribution in [0.3, 0.4) is 0 Å². The molecule has 35 heavy (non-hydrogen) atoms. The highest BCUT2D eigenvalue weighted by atomic mass is 35.5. The third kappa shape index (κ3) is 6.84. The van der Waals surface area contributed by atoms with Crippen molar-refractivity contribution in [1.82, 2.24) is 5.32 Å². The van der Waals surface area contributed by atoms with Crippen molar-refractivity contribution < 1.29 is 19.4 Å². The molecule has 0 saturated carbocycles. The lowest BCUT2D eigenvalue weighted by molar-refractivity contribution is -0.138. The molecule has 2 atom stereocenters. The van der Waals surface area contributed by atoms with Gasteiger partial charge in [0.2, 0.25) is 0 Å². The predicted molar refractivity (Wildman–Crippen MR) is 134 cm³/mol. The van der Waals surface area contributed by atoms with E-state index in [9.17, 15) is 20.0 Å². The second-order valence-electron chi connectivity index (χ2n) is 8.89. The molecule has 0 unspecified atom stereocenters. The molecule has 3 aromatic rings. The van der Waals surface area contributed by atoms with Crippen LogP contribution in [0.15, 0.2) is 72.8 Å². The van der Waals surface area contributed by atoms with Crippen LogP contribution in [0.1, 0.15) is 53.7 Å². The Morgan fingerprint density at radius 3 is 2.43 bits per heavy atom. The number of nitrogens with zero attached hydrogens (tertiary/aromatic N) is 1. The summed E-state index contributed by atoms with van der Waals surface area (Å²) < 4.78 is 5.48. The average molecular weight is 491 g/mol. The van der Waals surface area contributed by atoms with Crippen molar-refractivity contribution in [1.29, 1.82) is 5.26 Å². The number of hydrogen-bond acceptors (Lipinski definition) is 5. The van der Waals surface area contributed by atoms with E-state index in [1.807, 2.05) is 49.4 Å². The molecule has 0 aliphatic rings. The molecule has 3 aromatic carbocycles. The number of rotatable bonds is 8. The fourth-order valence-corrected chi connectivity index (χ4v) is 3.87. The fourth-order valence-electron chi connectivity index (χ4n) is 3.75. The van der Waals surface area contributed by atoms with Crippen LogP contribution in [0.25, 0.3) is 0 Å². The van der Waals surface area contributed by atoms with E-state index < -0.39 is 17.5 Å². The second-order valence-corrected chi connectivity index (χ2v) is 9.32. The van der Waals surface area contributed by atoms with Gasteiger partial charge in [0.05, 0.1) is 17.2 Å². The monoisotopic (exact) mass is 490 g/mol. The summed E-state index contributed by atoms with van der Waals surface area (Å²) in [5, 5.41) is 22.6. The van der Waals surface area contributed by atoms with Crippen LogP contribution in [0, 0.1) is 11.3 Å². The number of phenols is 1. The van der Waals surface area contributed by atoms with Crippen LogP contribution >= 0.6 is 11.6 Å². The van der Waals surface area contributed by atoms with Gasteiger partial charge in [-0.2, -0.15) is 5.26 Å². The number of phenolic OH excluding ortho intramolecular Hbond substituents is 1. The molecule has 0 spiro atoms. The molecule has 2 N–H and O–H groups in total. The Kier molecular flexibility index (Phi) is 8.16. The first kappa shape index (κ1) is 25.8. The van der Waals surface area contributed by atoms with Gasteiger partial charge in [0.15, 0.2) is 5.60 Å². The number of carbonyl (C=O) groups excluding carboxylic acids is 2. The number of nitrogens with one attached hydrogen (secondary N) is 1. The molecular weight excluding hydrogens is 464 g/mol. The van der Waals surface area contributed by atoms with Crippen LogP contribution < -0.4 is 5.32 Å². The zero-order valence-electron chi connectivity index (χ0n) is 19.8. The number of hydrogen-bond donors (Lipinski definition) is 2. The third-order valence-electron chi connectivity index (χ3n) is 5.75. The number of carbonyl (C=O) groups is 2. The summed E-state index contributed by atoms with van der Waals surface area (Å²) in [6.45, 7) is 4.91. The molecule has 180 valence electrons. The summed E-state index contributed by atoms with van der Waals surface area (Å²) in [7, 11) is 0. The Bertz CT molecular complexity index is 1250. The molecule has 0 heterocycles. The predicted octanol–water partition coefficient (Wildman–Crippen LogP) is 5.38. The molecule has 0 radical (unpaired) electrons. The normalized spacial score (nSPS) is 12.8. The Morgan fingerprint density at radius 2 is 1.77 bits per heavy atom. The van der Waals surface area contributed by atoms with Gasteiger partial charge in [0.25, 0.3) is 5.91 Å². The van der Waals surface area contributed by atoms with Crippen LogP contribution in [-0.4, -0.2) is 28.6 Å². The van der Waals surface area contributed by atoms with Crippen molar-refractivity contribution >= 4 is 23.5 Å². The molecule has 3 rings (SSSR count). The SMILES string of the molecule is C[C@H](NC(=O)C(C)(C)OC(=O)c1cccc(O)c1)[C@@H](Cc1ccc(Cl)cc1)c1cccc(C#N)c1. The number of esters is 1. The number of halogens is 1. The molecule has 1 amide bonds. The first-order valence-electron chi connectivity index (χ1n) is 11.2. The standard InChI is InChI=1S/C28H27ClN2O4/c1-18(31-27(34)28(2,3)35-26(33)22-8-5-9-24(32)16-22)25(15-19-10-12-23(29)13-11-19)21-7-4-6-20(14-21)17-30/h4-14,16,18,25,32H,15H2,1-3H3,(H,31,34)/t18-,25+/m0/s1. The number of amides is 1. The molecule has 0 fully saturated rings. The van der Waals surface area contributed by atoms with Gasteiger partial charge < -0.3 is 15.2 Å². The quantitative estimate of drug-likeness (QED) is 0.413. The Balaban J connectivity index is 1.80. The fraction of sp³-hybridized carbons (Fsp3) is 0.250. The van der Waals surface area contributed by atoms with Crippen molar-refractivity contribution in [2.45, 2.75) is 44.8 Å². The zero-order valence-corrected chi connectivity index (χ0v) is 20.5. The summed E-state index contributed by atoms with van der Waals surface area (Å²) in [5.74, 6) is -1.41. The zero-order chi connectivity index (χ0) is 25.6. The number of aromatic hydroxyl groups is 1. The maximum absolute atomic E-state index is 13.2. The van der Waals surface area contributed by atoms with Crippen LogP contribution in [-0.2, 0) is 16.0 Å². The minimum Gasteiger partial charge on any atom is -0.508 e. The van der Waals surface area contributed by atoms with E-state index in [0.717, 1.165) is 11.1 Å². The summed E-state index contributed by atoms with van der Waals surface area (Å²) >= 11 is 6.03. The Hall–Kier alpha value is -3.82. The molecule has 0 aliphatic carbocycles. The minimum atomic E-state index is -1.46. The van der Waals surface area contributed by atoms with Crippen molar-refractivity contribution in [2.75, 3.05) is 0 Å². The summed E-state index contributed by atoms with van der Waals surface area (Å²) in [6.07, 6.45) is 0.594.